The van der Waals surface area contributed by atoms with Crippen LogP contribution in [-0.2, 0) is 49.9 Å². The average molecular weight is 665 g/mol. The number of alkyl carbamates (subject to hydrolysis) is 1. The monoisotopic (exact) mass is 664 g/mol. The lowest BCUT2D eigenvalue weighted by Gasteiger charge is -2.24. The zero-order valence-corrected chi connectivity index (χ0v) is 27.4. The summed E-state index contributed by atoms with van der Waals surface area (Å²) in [7, 11) is 1.53. The lowest BCUT2D eigenvalue weighted by atomic mass is 9.99. The van der Waals surface area contributed by atoms with Gasteiger partial charge < -0.3 is 30.7 Å². The molecule has 49 heavy (non-hydrogen) atoms. The highest BCUT2D eigenvalue weighted by atomic mass is 16.5. The van der Waals surface area contributed by atoms with Crippen LogP contribution < -0.4 is 26.0 Å². The number of benzene rings is 4. The van der Waals surface area contributed by atoms with E-state index < -0.39 is 47.7 Å². The van der Waals surface area contributed by atoms with Crippen LogP contribution in [0.5, 0.6) is 5.75 Å². The molecule has 4 aromatic carbocycles. The van der Waals surface area contributed by atoms with E-state index >= 15 is 0 Å². The van der Waals surface area contributed by atoms with Gasteiger partial charge in [0.25, 0.3) is 5.91 Å². The van der Waals surface area contributed by atoms with Gasteiger partial charge in [-0.3, -0.25) is 19.2 Å². The molecule has 0 bridgehead atoms. The maximum absolute atomic E-state index is 13.9. The van der Waals surface area contributed by atoms with Crippen LogP contribution >= 0.6 is 0 Å². The lowest BCUT2D eigenvalue weighted by molar-refractivity contribution is -0.140. The van der Waals surface area contributed by atoms with Gasteiger partial charge in [-0.15, -0.1) is 0 Å². The minimum atomic E-state index is -1.23. The highest BCUT2D eigenvalue weighted by Crippen LogP contribution is 2.14. The zero-order chi connectivity index (χ0) is 35.0. The molecule has 0 heterocycles. The summed E-state index contributed by atoms with van der Waals surface area (Å²) in [6.07, 6.45) is -0.727. The fourth-order valence-corrected chi connectivity index (χ4v) is 4.87. The van der Waals surface area contributed by atoms with Crippen molar-refractivity contribution < 1.29 is 33.4 Å². The molecule has 11 nitrogen and oxygen atoms in total. The van der Waals surface area contributed by atoms with E-state index in [1.54, 1.807) is 60.7 Å². The molecule has 4 aromatic rings. The first-order valence-electron chi connectivity index (χ1n) is 15.8. The number of methoxy groups -OCH3 is 1. The first-order valence-corrected chi connectivity index (χ1v) is 15.8. The molecule has 0 aliphatic carbocycles. The van der Waals surface area contributed by atoms with Crippen molar-refractivity contribution in [2.75, 3.05) is 7.11 Å². The highest BCUT2D eigenvalue weighted by molar-refractivity contribution is 6.38. The second-order valence-corrected chi connectivity index (χ2v) is 11.3. The first kappa shape index (κ1) is 35.9. The van der Waals surface area contributed by atoms with Gasteiger partial charge in [0.05, 0.1) is 7.11 Å². The topological polar surface area (TPSA) is 152 Å². The molecule has 11 heteroatoms. The number of ketones is 1. The Hall–Kier alpha value is -5.97. The number of hydrogen-bond donors (Lipinski definition) is 4. The summed E-state index contributed by atoms with van der Waals surface area (Å²) in [5.41, 5.74) is 3.00. The molecule has 0 aliphatic rings. The maximum atomic E-state index is 13.9. The van der Waals surface area contributed by atoms with Gasteiger partial charge >= 0.3 is 6.09 Å². The summed E-state index contributed by atoms with van der Waals surface area (Å²) in [5, 5.41) is 10.5. The fourth-order valence-electron chi connectivity index (χ4n) is 4.87. The average Bonchev–Trinajstić information content (AvgIpc) is 3.13. The van der Waals surface area contributed by atoms with Crippen LogP contribution in [0.15, 0.2) is 115 Å². The maximum Gasteiger partial charge on any atom is 0.408 e. The third-order valence-corrected chi connectivity index (χ3v) is 7.61. The number of amides is 4. The van der Waals surface area contributed by atoms with E-state index in [1.807, 2.05) is 54.6 Å². The molecule has 4 amide bonds. The zero-order valence-electron chi connectivity index (χ0n) is 27.4. The van der Waals surface area contributed by atoms with Gasteiger partial charge in [0.1, 0.15) is 30.5 Å². The van der Waals surface area contributed by atoms with E-state index in [4.69, 9.17) is 9.47 Å². The highest BCUT2D eigenvalue weighted by Gasteiger charge is 2.31. The number of ether oxygens (including phenoxy) is 2. The molecule has 254 valence electrons. The normalized spacial score (nSPS) is 12.4. The van der Waals surface area contributed by atoms with Crippen LogP contribution in [0.1, 0.15) is 29.2 Å². The lowest BCUT2D eigenvalue weighted by Crippen LogP contribution is -2.57. The van der Waals surface area contributed by atoms with Gasteiger partial charge in [0.2, 0.25) is 17.6 Å². The van der Waals surface area contributed by atoms with Crippen LogP contribution in [0.3, 0.4) is 0 Å². The Kier molecular flexibility index (Phi) is 13.5. The van der Waals surface area contributed by atoms with Crippen molar-refractivity contribution in [3.05, 3.63) is 138 Å². The number of rotatable bonds is 16. The standard InChI is InChI=1S/C38H40N4O7/c1-26(40-38(47)49-25-30-16-10-5-11-17-30)35(44)42-33(23-28-18-20-31(48-2)21-19-28)36(45)41-32(22-27-12-6-3-7-13-27)34(43)37(46)39-24-29-14-8-4-9-15-29/h3-21,26,32-33H,22-25H2,1-2H3,(H,39,46)(H,40,47)(H,41,45)(H,42,44)/t26-,32?,33-/m0/s1. The van der Waals surface area contributed by atoms with Crippen LogP contribution in [0, 0.1) is 0 Å². The van der Waals surface area contributed by atoms with E-state index in [1.165, 1.54) is 14.0 Å². The van der Waals surface area contributed by atoms with Crippen LogP contribution in [-0.4, -0.2) is 54.8 Å². The third kappa shape index (κ3) is 11.7. The summed E-state index contributed by atoms with van der Waals surface area (Å²) < 4.78 is 10.5. The summed E-state index contributed by atoms with van der Waals surface area (Å²) >= 11 is 0. The number of nitrogens with one attached hydrogen (secondary N) is 4. The van der Waals surface area contributed by atoms with Crippen molar-refractivity contribution in [1.29, 1.82) is 0 Å². The minimum Gasteiger partial charge on any atom is -0.497 e. The quantitative estimate of drug-likeness (QED) is 0.134. The van der Waals surface area contributed by atoms with E-state index in [0.29, 0.717) is 11.3 Å². The van der Waals surface area contributed by atoms with Crippen molar-refractivity contribution in [3.63, 3.8) is 0 Å². The van der Waals surface area contributed by atoms with E-state index in [2.05, 4.69) is 21.3 Å². The van der Waals surface area contributed by atoms with E-state index in [-0.39, 0.29) is 26.0 Å². The smallest absolute Gasteiger partial charge is 0.408 e. The van der Waals surface area contributed by atoms with Gasteiger partial charge in [-0.05, 0) is 41.3 Å². The summed E-state index contributed by atoms with van der Waals surface area (Å²) in [4.78, 5) is 66.1. The first-order chi connectivity index (χ1) is 23.7. The number of carbonyl (C=O) groups is 5. The molecule has 0 saturated heterocycles. The largest absolute Gasteiger partial charge is 0.497 e. The Morgan fingerprint density at radius 1 is 0.592 bits per heavy atom. The minimum absolute atomic E-state index is 0.0132. The van der Waals surface area contributed by atoms with Crippen molar-refractivity contribution in [1.82, 2.24) is 21.3 Å². The number of carbonyl (C=O) groups excluding carboxylic acids is 5. The van der Waals surface area contributed by atoms with Gasteiger partial charge in [-0.1, -0.05) is 103 Å². The second kappa shape index (κ2) is 18.4. The number of hydrogen-bond acceptors (Lipinski definition) is 7. The Balaban J connectivity index is 1.48. The van der Waals surface area contributed by atoms with E-state index in [0.717, 1.165) is 16.7 Å². The molecule has 0 radical (unpaired) electrons. The second-order valence-electron chi connectivity index (χ2n) is 11.3. The van der Waals surface area contributed by atoms with Crippen LogP contribution in [0.25, 0.3) is 0 Å². The van der Waals surface area contributed by atoms with Crippen molar-refractivity contribution in [3.8, 4) is 5.75 Å². The molecule has 4 N–H and O–H groups in total. The molecular weight excluding hydrogens is 624 g/mol. The molecule has 0 aromatic heterocycles. The Morgan fingerprint density at radius 2 is 1.10 bits per heavy atom. The van der Waals surface area contributed by atoms with Crippen molar-refractivity contribution >= 4 is 29.6 Å². The fraction of sp³-hybridized carbons (Fsp3) is 0.237. The van der Waals surface area contributed by atoms with Gasteiger partial charge in [-0.25, -0.2) is 4.79 Å². The third-order valence-electron chi connectivity index (χ3n) is 7.61. The van der Waals surface area contributed by atoms with Gasteiger partial charge in [0.15, 0.2) is 0 Å². The Labute approximate surface area is 285 Å². The Bertz CT molecular complexity index is 1680. The predicted molar refractivity (Wildman–Crippen MR) is 183 cm³/mol. The molecule has 4 rings (SSSR count). The van der Waals surface area contributed by atoms with Crippen LogP contribution in [0.4, 0.5) is 4.79 Å². The molecule has 3 atom stereocenters. The van der Waals surface area contributed by atoms with Gasteiger partial charge in [0, 0.05) is 19.4 Å². The van der Waals surface area contributed by atoms with E-state index in [9.17, 15) is 24.0 Å². The number of Topliss-reactive ketones (excluding diaryl/α,β-unsaturated/α-hetero) is 1. The van der Waals surface area contributed by atoms with Gasteiger partial charge in [-0.2, -0.15) is 0 Å². The molecule has 0 saturated carbocycles. The van der Waals surface area contributed by atoms with Crippen LogP contribution in [0.2, 0.25) is 0 Å². The van der Waals surface area contributed by atoms with Crippen molar-refractivity contribution in [2.24, 2.45) is 0 Å². The molecule has 0 spiro atoms. The SMILES string of the molecule is COc1ccc(C[C@H](NC(=O)[C@H](C)NC(=O)OCc2ccccc2)C(=O)NC(Cc2ccccc2)C(=O)C(=O)NCc2ccccc2)cc1. The molecule has 0 aliphatic heterocycles. The molecule has 1 unspecified atom stereocenters. The van der Waals surface area contributed by atoms with Crippen molar-refractivity contribution in [2.45, 2.75) is 51.0 Å². The summed E-state index contributed by atoms with van der Waals surface area (Å²) in [6, 6.07) is 30.6. The molecule has 0 fully saturated rings. The summed E-state index contributed by atoms with van der Waals surface area (Å²) in [5.74, 6) is -2.42. The summed E-state index contributed by atoms with van der Waals surface area (Å²) in [6.45, 7) is 1.60. The Morgan fingerprint density at radius 3 is 1.69 bits per heavy atom. The predicted octanol–water partition coefficient (Wildman–Crippen LogP) is 3.65. The molecular formula is C38H40N4O7.